The quantitative estimate of drug-likeness (QED) is 0.675. The van der Waals surface area contributed by atoms with E-state index in [1.54, 1.807) is 0 Å². The lowest BCUT2D eigenvalue weighted by Crippen LogP contribution is -2.34. The molecule has 1 rings (SSSR count). The van der Waals surface area contributed by atoms with Gasteiger partial charge in [-0.3, -0.25) is 0 Å². The highest BCUT2D eigenvalue weighted by molar-refractivity contribution is 4.98. The molecule has 2 nitrogen and oxygen atoms in total. The van der Waals surface area contributed by atoms with Gasteiger partial charge in [-0.1, -0.05) is 19.3 Å². The topological polar surface area (TPSA) is 21.3 Å². The van der Waals surface area contributed by atoms with Gasteiger partial charge in [0.25, 0.3) is 0 Å². The highest BCUT2D eigenvalue weighted by atomic mass is 16.5. The van der Waals surface area contributed by atoms with Crippen LogP contribution in [0.2, 0.25) is 0 Å². The molecular weight excluding hydrogens is 174 g/mol. The molecule has 0 radical (unpaired) electrons. The van der Waals surface area contributed by atoms with E-state index in [4.69, 9.17) is 11.2 Å². The Morgan fingerprint density at radius 3 is 2.79 bits per heavy atom. The third-order valence-corrected chi connectivity index (χ3v) is 2.77. The van der Waals surface area contributed by atoms with Gasteiger partial charge < -0.3 is 10.1 Å². The molecule has 1 aliphatic rings. The first-order valence-corrected chi connectivity index (χ1v) is 5.64. The van der Waals surface area contributed by atoms with Crippen molar-refractivity contribution in [1.82, 2.24) is 5.32 Å². The summed E-state index contributed by atoms with van der Waals surface area (Å²) in [4.78, 5) is 0. The van der Waals surface area contributed by atoms with Gasteiger partial charge in [0.15, 0.2) is 0 Å². The minimum absolute atomic E-state index is 0.267. The second-order valence-electron chi connectivity index (χ2n) is 3.97. The van der Waals surface area contributed by atoms with Crippen molar-refractivity contribution in [3.8, 4) is 12.3 Å². The molecule has 1 aliphatic heterocycles. The van der Waals surface area contributed by atoms with Crippen LogP contribution < -0.4 is 5.32 Å². The molecule has 14 heavy (non-hydrogen) atoms. The van der Waals surface area contributed by atoms with Crippen molar-refractivity contribution in [3.05, 3.63) is 0 Å². The second kappa shape index (κ2) is 6.86. The van der Waals surface area contributed by atoms with Crippen LogP contribution in [0.1, 0.15) is 32.6 Å². The SMILES string of the molecule is C#CC(CCC)NCC1CCOCC1. The zero-order valence-electron chi connectivity index (χ0n) is 9.09. The van der Waals surface area contributed by atoms with Crippen LogP contribution in [0.25, 0.3) is 0 Å². The van der Waals surface area contributed by atoms with Crippen LogP contribution in [0.15, 0.2) is 0 Å². The number of hydrogen-bond acceptors (Lipinski definition) is 2. The van der Waals surface area contributed by atoms with Crippen molar-refractivity contribution in [2.24, 2.45) is 5.92 Å². The van der Waals surface area contributed by atoms with Gasteiger partial charge >= 0.3 is 0 Å². The summed E-state index contributed by atoms with van der Waals surface area (Å²) in [7, 11) is 0. The molecule has 1 unspecified atom stereocenters. The fourth-order valence-corrected chi connectivity index (χ4v) is 1.79. The minimum atomic E-state index is 0.267. The number of ether oxygens (including phenoxy) is 1. The van der Waals surface area contributed by atoms with Crippen molar-refractivity contribution in [2.75, 3.05) is 19.8 Å². The lowest BCUT2D eigenvalue weighted by Gasteiger charge is -2.23. The van der Waals surface area contributed by atoms with Crippen LogP contribution >= 0.6 is 0 Å². The lowest BCUT2D eigenvalue weighted by atomic mass is 10.00. The van der Waals surface area contributed by atoms with Crippen molar-refractivity contribution in [1.29, 1.82) is 0 Å². The molecule has 0 aromatic heterocycles. The van der Waals surface area contributed by atoms with Crippen LogP contribution in [0.3, 0.4) is 0 Å². The summed E-state index contributed by atoms with van der Waals surface area (Å²) in [5.74, 6) is 3.56. The van der Waals surface area contributed by atoms with Gasteiger partial charge in [0, 0.05) is 13.2 Å². The van der Waals surface area contributed by atoms with Gasteiger partial charge in [-0.25, -0.2) is 0 Å². The highest BCUT2D eigenvalue weighted by Crippen LogP contribution is 2.13. The third-order valence-electron chi connectivity index (χ3n) is 2.77. The van der Waals surface area contributed by atoms with Crippen molar-refractivity contribution < 1.29 is 4.74 Å². The first-order valence-electron chi connectivity index (χ1n) is 5.64. The largest absolute Gasteiger partial charge is 0.381 e. The second-order valence-corrected chi connectivity index (χ2v) is 3.97. The molecular formula is C12H21NO. The van der Waals surface area contributed by atoms with E-state index < -0.39 is 0 Å². The van der Waals surface area contributed by atoms with Crippen LogP contribution in [-0.2, 0) is 4.74 Å². The van der Waals surface area contributed by atoms with E-state index in [9.17, 15) is 0 Å². The molecule has 2 heteroatoms. The summed E-state index contributed by atoms with van der Waals surface area (Å²) in [6.45, 7) is 5.06. The molecule has 1 fully saturated rings. The minimum Gasteiger partial charge on any atom is -0.381 e. The predicted molar refractivity (Wildman–Crippen MR) is 59.1 cm³/mol. The molecule has 0 amide bonds. The number of rotatable bonds is 5. The maximum atomic E-state index is 5.44. The molecule has 80 valence electrons. The molecule has 0 spiro atoms. The molecule has 1 heterocycles. The van der Waals surface area contributed by atoms with Gasteiger partial charge in [0.2, 0.25) is 0 Å². The standard InChI is InChI=1S/C12H21NO/c1-3-5-12(4-2)13-10-11-6-8-14-9-7-11/h2,11-13H,3,5-10H2,1H3. The number of nitrogens with one attached hydrogen (secondary N) is 1. The summed E-state index contributed by atoms with van der Waals surface area (Å²) in [6.07, 6.45) is 10.0. The molecule has 1 atom stereocenters. The average Bonchev–Trinajstić information content (AvgIpc) is 2.25. The third kappa shape index (κ3) is 4.13. The Balaban J connectivity index is 2.14. The van der Waals surface area contributed by atoms with E-state index in [1.807, 2.05) is 0 Å². The summed E-state index contributed by atoms with van der Waals surface area (Å²) in [5.41, 5.74) is 0. The molecule has 1 N–H and O–H groups in total. The van der Waals surface area contributed by atoms with Crippen LogP contribution in [-0.4, -0.2) is 25.8 Å². The first kappa shape index (κ1) is 11.6. The van der Waals surface area contributed by atoms with Gasteiger partial charge in [-0.15, -0.1) is 6.42 Å². The van der Waals surface area contributed by atoms with Gasteiger partial charge in [-0.2, -0.15) is 0 Å². The first-order chi connectivity index (χ1) is 6.86. The predicted octanol–water partition coefficient (Wildman–Crippen LogP) is 1.80. The van der Waals surface area contributed by atoms with Crippen LogP contribution in [0, 0.1) is 18.3 Å². The van der Waals surface area contributed by atoms with E-state index in [2.05, 4.69) is 18.2 Å². The Labute approximate surface area is 87.4 Å². The summed E-state index contributed by atoms with van der Waals surface area (Å²) in [5, 5.41) is 3.45. The maximum absolute atomic E-state index is 5.44. The monoisotopic (exact) mass is 195 g/mol. The van der Waals surface area contributed by atoms with E-state index >= 15 is 0 Å². The highest BCUT2D eigenvalue weighted by Gasteiger charge is 2.14. The van der Waals surface area contributed by atoms with Gasteiger partial charge in [-0.05, 0) is 31.7 Å². The molecule has 0 bridgehead atoms. The molecule has 0 aliphatic carbocycles. The zero-order chi connectivity index (χ0) is 10.2. The van der Waals surface area contributed by atoms with Crippen LogP contribution in [0.4, 0.5) is 0 Å². The maximum Gasteiger partial charge on any atom is 0.0686 e. The van der Waals surface area contributed by atoms with Crippen molar-refractivity contribution in [3.63, 3.8) is 0 Å². The van der Waals surface area contributed by atoms with Gasteiger partial charge in [0.1, 0.15) is 0 Å². The van der Waals surface area contributed by atoms with Gasteiger partial charge in [0.05, 0.1) is 6.04 Å². The fourth-order valence-electron chi connectivity index (χ4n) is 1.79. The Morgan fingerprint density at radius 2 is 2.21 bits per heavy atom. The lowest BCUT2D eigenvalue weighted by molar-refractivity contribution is 0.0658. The molecule has 0 saturated carbocycles. The van der Waals surface area contributed by atoms with Crippen LogP contribution in [0.5, 0.6) is 0 Å². The molecule has 1 saturated heterocycles. The number of terminal acetylenes is 1. The van der Waals surface area contributed by atoms with Crippen molar-refractivity contribution >= 4 is 0 Å². The Hall–Kier alpha value is -0.520. The Kier molecular flexibility index (Phi) is 5.66. The Morgan fingerprint density at radius 1 is 1.50 bits per heavy atom. The normalized spacial score (nSPS) is 20.3. The summed E-state index contributed by atoms with van der Waals surface area (Å²) < 4.78 is 5.31. The molecule has 0 aromatic rings. The fraction of sp³-hybridized carbons (Fsp3) is 0.833. The number of hydrogen-bond donors (Lipinski definition) is 1. The summed E-state index contributed by atoms with van der Waals surface area (Å²) >= 11 is 0. The van der Waals surface area contributed by atoms with E-state index in [0.717, 1.165) is 38.5 Å². The van der Waals surface area contributed by atoms with E-state index in [-0.39, 0.29) is 6.04 Å². The van der Waals surface area contributed by atoms with E-state index in [0.29, 0.717) is 0 Å². The molecule has 0 aromatic carbocycles. The smallest absolute Gasteiger partial charge is 0.0686 e. The van der Waals surface area contributed by atoms with Crippen molar-refractivity contribution in [2.45, 2.75) is 38.6 Å². The van der Waals surface area contributed by atoms with E-state index in [1.165, 1.54) is 12.8 Å². The average molecular weight is 195 g/mol. The summed E-state index contributed by atoms with van der Waals surface area (Å²) in [6, 6.07) is 0.267. The zero-order valence-corrected chi connectivity index (χ0v) is 9.09. The Bertz CT molecular complexity index is 179.